The second-order valence-electron chi connectivity index (χ2n) is 7.16. The fourth-order valence-corrected chi connectivity index (χ4v) is 5.19. The molecule has 1 aliphatic heterocycles. The number of sulfonamides is 2. The van der Waals surface area contributed by atoms with Crippen LogP contribution in [0.1, 0.15) is 11.1 Å². The minimum atomic E-state index is -3.85. The molecule has 0 amide bonds. The summed E-state index contributed by atoms with van der Waals surface area (Å²) >= 11 is 0. The van der Waals surface area contributed by atoms with Gasteiger partial charge in [0.1, 0.15) is 5.75 Å². The van der Waals surface area contributed by atoms with Crippen molar-refractivity contribution in [3.05, 3.63) is 77.9 Å². The normalized spacial score (nSPS) is 13.1. The molecule has 0 fully saturated rings. The van der Waals surface area contributed by atoms with Crippen LogP contribution in [0.2, 0.25) is 0 Å². The second kappa shape index (κ2) is 9.40. The van der Waals surface area contributed by atoms with E-state index >= 15 is 0 Å². The fourth-order valence-electron chi connectivity index (χ4n) is 3.15. The van der Waals surface area contributed by atoms with E-state index in [9.17, 15) is 16.8 Å². The summed E-state index contributed by atoms with van der Waals surface area (Å²) in [6.07, 6.45) is 0. The number of hydrogen-bond acceptors (Lipinski definition) is 7. The predicted octanol–water partition coefficient (Wildman–Crippen LogP) is 2.38. The van der Waals surface area contributed by atoms with Crippen molar-refractivity contribution in [2.24, 2.45) is 0 Å². The van der Waals surface area contributed by atoms with E-state index in [1.807, 2.05) is 0 Å². The highest BCUT2D eigenvalue weighted by molar-refractivity contribution is 7.90. The highest BCUT2D eigenvalue weighted by atomic mass is 32.2. The first-order valence-corrected chi connectivity index (χ1v) is 12.8. The van der Waals surface area contributed by atoms with Gasteiger partial charge < -0.3 is 14.2 Å². The molecule has 0 aliphatic carbocycles. The predicted molar refractivity (Wildman–Crippen MR) is 120 cm³/mol. The van der Waals surface area contributed by atoms with E-state index in [4.69, 9.17) is 14.2 Å². The maximum atomic E-state index is 12.6. The highest BCUT2D eigenvalue weighted by Gasteiger charge is 2.19. The van der Waals surface area contributed by atoms with Crippen molar-refractivity contribution in [2.75, 3.05) is 13.9 Å². The summed E-state index contributed by atoms with van der Waals surface area (Å²) in [5.74, 6) is 1.79. The van der Waals surface area contributed by atoms with Crippen molar-refractivity contribution in [1.82, 2.24) is 9.44 Å². The zero-order valence-electron chi connectivity index (χ0n) is 17.6. The third kappa shape index (κ3) is 5.45. The van der Waals surface area contributed by atoms with Gasteiger partial charge in [-0.3, -0.25) is 0 Å². The average molecular weight is 491 g/mol. The van der Waals surface area contributed by atoms with Crippen LogP contribution in [0.3, 0.4) is 0 Å². The van der Waals surface area contributed by atoms with E-state index in [1.54, 1.807) is 42.5 Å². The van der Waals surface area contributed by atoms with Gasteiger partial charge in [0.2, 0.25) is 26.8 Å². The molecule has 174 valence electrons. The minimum absolute atomic E-state index is 0.0416. The molecule has 3 aromatic carbocycles. The van der Waals surface area contributed by atoms with Gasteiger partial charge in [-0.25, -0.2) is 26.3 Å². The molecule has 11 heteroatoms. The van der Waals surface area contributed by atoms with Gasteiger partial charge >= 0.3 is 0 Å². The van der Waals surface area contributed by atoms with Crippen molar-refractivity contribution in [3.63, 3.8) is 0 Å². The molecule has 0 aromatic heterocycles. The van der Waals surface area contributed by atoms with Crippen LogP contribution in [0.5, 0.6) is 17.2 Å². The summed E-state index contributed by atoms with van der Waals surface area (Å²) in [5, 5.41) is 0. The standard InChI is InChI=1S/C22H22N2O7S2/c1-29-18-4-2-3-16(11-18)13-23-32(25,26)19-6-8-20(9-7-19)33(27,28)24-14-17-5-10-21-22(12-17)31-15-30-21/h2-12,23-24H,13-15H2,1H3. The van der Waals surface area contributed by atoms with Crippen LogP contribution in [0.25, 0.3) is 0 Å². The molecule has 1 aliphatic rings. The van der Waals surface area contributed by atoms with Crippen LogP contribution in [0.4, 0.5) is 0 Å². The molecular formula is C22H22N2O7S2. The smallest absolute Gasteiger partial charge is 0.240 e. The topological polar surface area (TPSA) is 120 Å². The van der Waals surface area contributed by atoms with Crippen molar-refractivity contribution >= 4 is 20.0 Å². The zero-order valence-corrected chi connectivity index (χ0v) is 19.3. The lowest BCUT2D eigenvalue weighted by molar-refractivity contribution is 0.174. The Balaban J connectivity index is 1.40. The Hall–Kier alpha value is -3.12. The summed E-state index contributed by atoms with van der Waals surface area (Å²) in [7, 11) is -6.15. The molecule has 0 unspecified atom stereocenters. The maximum Gasteiger partial charge on any atom is 0.240 e. The third-order valence-corrected chi connectivity index (χ3v) is 7.78. The molecule has 0 spiro atoms. The van der Waals surface area contributed by atoms with E-state index in [0.717, 1.165) is 5.56 Å². The maximum absolute atomic E-state index is 12.6. The number of hydrogen-bond donors (Lipinski definition) is 2. The monoisotopic (exact) mass is 490 g/mol. The van der Waals surface area contributed by atoms with Crippen LogP contribution in [0.15, 0.2) is 76.5 Å². The van der Waals surface area contributed by atoms with E-state index in [0.29, 0.717) is 22.8 Å². The lowest BCUT2D eigenvalue weighted by Crippen LogP contribution is -2.24. The van der Waals surface area contributed by atoms with Gasteiger partial charge in [0.05, 0.1) is 16.9 Å². The quantitative estimate of drug-likeness (QED) is 0.473. The van der Waals surface area contributed by atoms with Crippen molar-refractivity contribution in [3.8, 4) is 17.2 Å². The number of ether oxygens (including phenoxy) is 3. The number of fused-ring (bicyclic) bond motifs is 1. The Labute approximate surface area is 192 Å². The molecule has 33 heavy (non-hydrogen) atoms. The SMILES string of the molecule is COc1cccc(CNS(=O)(=O)c2ccc(S(=O)(=O)NCc3ccc4c(c3)OCO4)cc2)c1. The van der Waals surface area contributed by atoms with Gasteiger partial charge in [-0.1, -0.05) is 18.2 Å². The Morgan fingerprint density at radius 1 is 0.758 bits per heavy atom. The van der Waals surface area contributed by atoms with Gasteiger partial charge in [0.15, 0.2) is 11.5 Å². The molecule has 9 nitrogen and oxygen atoms in total. The summed E-state index contributed by atoms with van der Waals surface area (Å²) in [5.41, 5.74) is 1.42. The lowest BCUT2D eigenvalue weighted by Gasteiger charge is -2.10. The Morgan fingerprint density at radius 3 is 1.94 bits per heavy atom. The molecule has 0 saturated carbocycles. The summed E-state index contributed by atoms with van der Waals surface area (Å²) in [4.78, 5) is -0.0879. The van der Waals surface area contributed by atoms with Crippen LogP contribution < -0.4 is 23.7 Å². The molecule has 0 bridgehead atoms. The van der Waals surface area contributed by atoms with E-state index in [-0.39, 0.29) is 29.7 Å². The second-order valence-corrected chi connectivity index (χ2v) is 10.7. The van der Waals surface area contributed by atoms with Gasteiger partial charge in [-0.15, -0.1) is 0 Å². The Morgan fingerprint density at radius 2 is 1.33 bits per heavy atom. The van der Waals surface area contributed by atoms with Crippen LogP contribution in [-0.4, -0.2) is 30.7 Å². The van der Waals surface area contributed by atoms with Crippen LogP contribution in [0, 0.1) is 0 Å². The molecule has 0 saturated heterocycles. The van der Waals surface area contributed by atoms with Crippen molar-refractivity contribution < 1.29 is 31.0 Å². The molecular weight excluding hydrogens is 468 g/mol. The third-order valence-electron chi connectivity index (χ3n) is 4.95. The first-order valence-electron chi connectivity index (χ1n) is 9.88. The molecule has 3 aromatic rings. The van der Waals surface area contributed by atoms with Crippen LogP contribution >= 0.6 is 0 Å². The Bertz CT molecular complexity index is 1360. The zero-order chi connectivity index (χ0) is 23.5. The fraction of sp³-hybridized carbons (Fsp3) is 0.182. The first-order chi connectivity index (χ1) is 15.8. The number of rotatable bonds is 9. The van der Waals surface area contributed by atoms with Crippen molar-refractivity contribution in [2.45, 2.75) is 22.9 Å². The molecule has 1 heterocycles. The highest BCUT2D eigenvalue weighted by Crippen LogP contribution is 2.32. The average Bonchev–Trinajstić information content (AvgIpc) is 3.30. The summed E-state index contributed by atoms with van der Waals surface area (Å²) in [6, 6.07) is 17.2. The summed E-state index contributed by atoms with van der Waals surface area (Å²) < 4.78 is 71.1. The molecule has 0 atom stereocenters. The first kappa shape index (κ1) is 23.1. The van der Waals surface area contributed by atoms with Crippen LogP contribution in [-0.2, 0) is 33.1 Å². The molecule has 2 N–H and O–H groups in total. The number of nitrogens with one attached hydrogen (secondary N) is 2. The van der Waals surface area contributed by atoms with Gasteiger partial charge in [-0.2, -0.15) is 0 Å². The number of benzene rings is 3. The summed E-state index contributed by atoms with van der Waals surface area (Å²) in [6.45, 7) is 0.242. The number of methoxy groups -OCH3 is 1. The lowest BCUT2D eigenvalue weighted by atomic mass is 10.2. The van der Waals surface area contributed by atoms with E-state index < -0.39 is 20.0 Å². The van der Waals surface area contributed by atoms with E-state index in [2.05, 4.69) is 9.44 Å². The largest absolute Gasteiger partial charge is 0.497 e. The van der Waals surface area contributed by atoms with Crippen molar-refractivity contribution in [1.29, 1.82) is 0 Å². The molecule has 0 radical (unpaired) electrons. The van der Waals surface area contributed by atoms with Gasteiger partial charge in [-0.05, 0) is 59.7 Å². The van der Waals surface area contributed by atoms with Gasteiger partial charge in [0, 0.05) is 13.1 Å². The van der Waals surface area contributed by atoms with E-state index in [1.165, 1.54) is 31.4 Å². The van der Waals surface area contributed by atoms with Gasteiger partial charge in [0.25, 0.3) is 0 Å². The molecule has 4 rings (SSSR count). The Kier molecular flexibility index (Phi) is 6.56. The minimum Gasteiger partial charge on any atom is -0.497 e.